The highest BCUT2D eigenvalue weighted by Crippen LogP contribution is 2.16. The van der Waals surface area contributed by atoms with Crippen LogP contribution < -0.4 is 10.6 Å². The molecule has 2 N–H and O–H groups in total. The number of pyridine rings is 1. The molecule has 0 aliphatic heterocycles. The molecule has 0 amide bonds. The number of guanidine groups is 1. The number of aliphatic imine (C=N–C) groups is 1. The third-order valence-corrected chi connectivity index (χ3v) is 4.21. The molecule has 2 rings (SSSR count). The van der Waals surface area contributed by atoms with Crippen LogP contribution >= 0.6 is 11.6 Å². The molecule has 0 aliphatic rings. The van der Waals surface area contributed by atoms with Gasteiger partial charge in [0.25, 0.3) is 0 Å². The van der Waals surface area contributed by atoms with Gasteiger partial charge in [0, 0.05) is 26.3 Å². The highest BCUT2D eigenvalue weighted by atomic mass is 35.5. The van der Waals surface area contributed by atoms with Crippen molar-refractivity contribution in [3.63, 3.8) is 0 Å². The van der Waals surface area contributed by atoms with Gasteiger partial charge in [-0.2, -0.15) is 0 Å². The summed E-state index contributed by atoms with van der Waals surface area (Å²) in [7, 11) is 5.96. The molecule has 0 saturated heterocycles. The molecule has 1 unspecified atom stereocenters. The Morgan fingerprint density at radius 2 is 1.92 bits per heavy atom. The van der Waals surface area contributed by atoms with Crippen molar-refractivity contribution < 1.29 is 0 Å². The van der Waals surface area contributed by atoms with Gasteiger partial charge >= 0.3 is 0 Å². The first-order valence-electron chi connectivity index (χ1n) is 8.36. The van der Waals surface area contributed by atoms with Crippen molar-refractivity contribution in [3.05, 3.63) is 64.9 Å². The molecule has 5 nitrogen and oxygen atoms in total. The lowest BCUT2D eigenvalue weighted by molar-refractivity contribution is 0.298. The molecule has 0 saturated carbocycles. The van der Waals surface area contributed by atoms with E-state index in [4.69, 9.17) is 11.6 Å². The number of hydrogen-bond acceptors (Lipinski definition) is 3. The van der Waals surface area contributed by atoms with Crippen LogP contribution in [0.4, 0.5) is 0 Å². The van der Waals surface area contributed by atoms with Crippen molar-refractivity contribution in [3.8, 4) is 0 Å². The van der Waals surface area contributed by atoms with Gasteiger partial charge in [0.15, 0.2) is 5.96 Å². The lowest BCUT2D eigenvalue weighted by Gasteiger charge is -2.26. The Labute approximate surface area is 155 Å². The maximum Gasteiger partial charge on any atom is 0.191 e. The second-order valence-corrected chi connectivity index (χ2v) is 6.40. The third-order valence-electron chi connectivity index (χ3n) is 3.99. The quantitative estimate of drug-likeness (QED) is 0.453. The second-order valence-electron chi connectivity index (χ2n) is 6.01. The van der Waals surface area contributed by atoms with Gasteiger partial charge in [-0.1, -0.05) is 48.0 Å². The van der Waals surface area contributed by atoms with E-state index in [-0.39, 0.29) is 6.04 Å². The van der Waals surface area contributed by atoms with Gasteiger partial charge in [-0.3, -0.25) is 4.99 Å². The smallest absolute Gasteiger partial charge is 0.191 e. The zero-order chi connectivity index (χ0) is 18.1. The van der Waals surface area contributed by atoms with E-state index in [0.717, 1.165) is 31.0 Å². The van der Waals surface area contributed by atoms with Crippen LogP contribution in [-0.4, -0.2) is 50.1 Å². The molecule has 1 atom stereocenters. The molecule has 0 aliphatic carbocycles. The predicted molar refractivity (Wildman–Crippen MR) is 105 cm³/mol. The fraction of sp³-hybridized carbons (Fsp3) is 0.368. The number of hydrogen-bond donors (Lipinski definition) is 2. The summed E-state index contributed by atoms with van der Waals surface area (Å²) in [5.41, 5.74) is 2.42. The van der Waals surface area contributed by atoms with E-state index in [2.05, 4.69) is 63.9 Å². The van der Waals surface area contributed by atoms with Crippen LogP contribution in [0.25, 0.3) is 0 Å². The highest BCUT2D eigenvalue weighted by molar-refractivity contribution is 6.29. The van der Waals surface area contributed by atoms with Crippen LogP contribution in [0.15, 0.2) is 53.7 Å². The second kappa shape index (κ2) is 10.0. The normalized spacial score (nSPS) is 12.9. The van der Waals surface area contributed by atoms with Crippen LogP contribution in [0, 0.1) is 0 Å². The van der Waals surface area contributed by atoms with Crippen molar-refractivity contribution >= 4 is 17.6 Å². The fourth-order valence-corrected chi connectivity index (χ4v) is 2.68. The number of nitrogens with one attached hydrogen (secondary N) is 2. The van der Waals surface area contributed by atoms with Crippen LogP contribution in [-0.2, 0) is 6.42 Å². The zero-order valence-corrected chi connectivity index (χ0v) is 15.8. The van der Waals surface area contributed by atoms with Gasteiger partial charge < -0.3 is 15.5 Å². The van der Waals surface area contributed by atoms with E-state index < -0.39 is 0 Å². The SMILES string of the molecule is CN=C(NCCc1ccc(Cl)nc1)NCC(c1ccccc1)N(C)C. The monoisotopic (exact) mass is 359 g/mol. The fourth-order valence-electron chi connectivity index (χ4n) is 2.57. The number of nitrogens with zero attached hydrogens (tertiary/aromatic N) is 3. The van der Waals surface area contributed by atoms with Crippen molar-refractivity contribution in [1.29, 1.82) is 0 Å². The van der Waals surface area contributed by atoms with Gasteiger partial charge in [0.2, 0.25) is 0 Å². The molecule has 1 heterocycles. The average Bonchev–Trinajstić information content (AvgIpc) is 2.62. The summed E-state index contributed by atoms with van der Waals surface area (Å²) in [5.74, 6) is 0.796. The Balaban J connectivity index is 1.83. The van der Waals surface area contributed by atoms with Crippen LogP contribution in [0.5, 0.6) is 0 Å². The Hall–Kier alpha value is -2.11. The maximum atomic E-state index is 5.81. The first-order valence-corrected chi connectivity index (χ1v) is 8.74. The third kappa shape index (κ3) is 6.36. The van der Waals surface area contributed by atoms with E-state index in [1.54, 1.807) is 13.2 Å². The summed E-state index contributed by atoms with van der Waals surface area (Å²) < 4.78 is 0. The Morgan fingerprint density at radius 3 is 2.52 bits per heavy atom. The number of aromatic nitrogens is 1. The van der Waals surface area contributed by atoms with Gasteiger partial charge in [-0.05, 0) is 37.7 Å². The van der Waals surface area contributed by atoms with Gasteiger partial charge in [0.05, 0.1) is 6.04 Å². The summed E-state index contributed by atoms with van der Waals surface area (Å²) in [6.45, 7) is 1.56. The minimum absolute atomic E-state index is 0.278. The van der Waals surface area contributed by atoms with E-state index >= 15 is 0 Å². The van der Waals surface area contributed by atoms with E-state index in [1.165, 1.54) is 5.56 Å². The molecule has 2 aromatic rings. The van der Waals surface area contributed by atoms with Crippen molar-refractivity contribution in [2.45, 2.75) is 12.5 Å². The average molecular weight is 360 g/mol. The van der Waals surface area contributed by atoms with Crippen LogP contribution in [0.2, 0.25) is 5.15 Å². The maximum absolute atomic E-state index is 5.81. The molecule has 0 spiro atoms. The van der Waals surface area contributed by atoms with Gasteiger partial charge in [-0.25, -0.2) is 4.98 Å². The lowest BCUT2D eigenvalue weighted by Crippen LogP contribution is -2.42. The standard InChI is InChI=1S/C19H26ClN5/c1-21-19(22-12-11-15-9-10-18(20)23-13-15)24-14-17(25(2)3)16-7-5-4-6-8-16/h4-10,13,17H,11-12,14H2,1-3H3,(H2,21,22,24). The summed E-state index contributed by atoms with van der Waals surface area (Å²) in [4.78, 5) is 10.6. The summed E-state index contributed by atoms with van der Waals surface area (Å²) in [6, 6.07) is 14.6. The van der Waals surface area contributed by atoms with Crippen LogP contribution in [0.3, 0.4) is 0 Å². The molecule has 0 bridgehead atoms. The lowest BCUT2D eigenvalue weighted by atomic mass is 10.1. The summed E-state index contributed by atoms with van der Waals surface area (Å²) >= 11 is 5.81. The Kier molecular flexibility index (Phi) is 7.70. The highest BCUT2D eigenvalue weighted by Gasteiger charge is 2.14. The molecule has 25 heavy (non-hydrogen) atoms. The number of halogens is 1. The van der Waals surface area contributed by atoms with E-state index in [9.17, 15) is 0 Å². The van der Waals surface area contributed by atoms with Gasteiger partial charge in [0.1, 0.15) is 5.15 Å². The Bertz CT molecular complexity index is 655. The first kappa shape index (κ1) is 19.2. The molecule has 0 radical (unpaired) electrons. The van der Waals surface area contributed by atoms with E-state index in [0.29, 0.717) is 5.15 Å². The predicted octanol–water partition coefficient (Wildman–Crippen LogP) is 2.75. The Morgan fingerprint density at radius 1 is 1.16 bits per heavy atom. The number of benzene rings is 1. The summed E-state index contributed by atoms with van der Waals surface area (Å²) in [6.07, 6.45) is 2.67. The van der Waals surface area contributed by atoms with Crippen molar-refractivity contribution in [1.82, 2.24) is 20.5 Å². The molecule has 0 fully saturated rings. The first-order chi connectivity index (χ1) is 12.1. The largest absolute Gasteiger partial charge is 0.356 e. The van der Waals surface area contributed by atoms with Crippen LogP contribution in [0.1, 0.15) is 17.2 Å². The topological polar surface area (TPSA) is 52.6 Å². The van der Waals surface area contributed by atoms with Crippen molar-refractivity contribution in [2.75, 3.05) is 34.2 Å². The molecule has 134 valence electrons. The zero-order valence-electron chi connectivity index (χ0n) is 15.0. The minimum Gasteiger partial charge on any atom is -0.356 e. The number of rotatable bonds is 7. The summed E-state index contributed by atoms with van der Waals surface area (Å²) in [5, 5.41) is 7.26. The molecule has 6 heteroatoms. The number of likely N-dealkylation sites (N-methyl/N-ethyl adjacent to an activating group) is 1. The van der Waals surface area contributed by atoms with Gasteiger partial charge in [-0.15, -0.1) is 0 Å². The molecule has 1 aromatic carbocycles. The molecule has 1 aromatic heterocycles. The molecular weight excluding hydrogens is 334 g/mol. The molecular formula is C19H26ClN5. The van der Waals surface area contributed by atoms with E-state index in [1.807, 2.05) is 18.2 Å². The van der Waals surface area contributed by atoms with Crippen molar-refractivity contribution in [2.24, 2.45) is 4.99 Å². The minimum atomic E-state index is 0.278.